The van der Waals surface area contributed by atoms with Crippen molar-refractivity contribution in [3.63, 3.8) is 0 Å². The third-order valence-corrected chi connectivity index (χ3v) is 2.74. The molecule has 1 aromatic heterocycles. The van der Waals surface area contributed by atoms with Gasteiger partial charge in [0.2, 0.25) is 5.76 Å². The van der Waals surface area contributed by atoms with E-state index in [4.69, 9.17) is 14.6 Å². The number of aromatic carboxylic acids is 1. The number of hydrogen-bond acceptors (Lipinski definition) is 6. The van der Waals surface area contributed by atoms with Crippen LogP contribution in [0, 0.1) is 5.82 Å². The average Bonchev–Trinajstić information content (AvgIpc) is 2.90. The van der Waals surface area contributed by atoms with Crippen LogP contribution in [0.25, 0.3) is 11.3 Å². The molecule has 2 aromatic rings. The van der Waals surface area contributed by atoms with E-state index >= 15 is 0 Å². The molecular formula is C12H8FNO6. The normalized spacial score (nSPS) is 13.2. The Hall–Kier alpha value is -2.77. The number of phenolic OH excluding ortho intramolecular Hbond substituents is 1. The van der Waals surface area contributed by atoms with Gasteiger partial charge in [0.1, 0.15) is 18.9 Å². The maximum Gasteiger partial charge on any atom is 0.374 e. The summed E-state index contributed by atoms with van der Waals surface area (Å²) in [6, 6.07) is 2.06. The molecule has 2 heterocycles. The predicted molar refractivity (Wildman–Crippen MR) is 61.5 cm³/mol. The number of aromatic nitrogens is 1. The van der Waals surface area contributed by atoms with E-state index in [0.29, 0.717) is 0 Å². The van der Waals surface area contributed by atoms with E-state index in [0.717, 1.165) is 12.1 Å². The molecule has 8 heteroatoms. The number of rotatable bonds is 2. The highest BCUT2D eigenvalue weighted by Gasteiger charge is 2.27. The molecule has 0 spiro atoms. The van der Waals surface area contributed by atoms with E-state index in [9.17, 15) is 14.3 Å². The van der Waals surface area contributed by atoms with Crippen LogP contribution in [-0.4, -0.2) is 34.6 Å². The zero-order chi connectivity index (χ0) is 14.3. The van der Waals surface area contributed by atoms with Crippen molar-refractivity contribution in [1.82, 2.24) is 5.16 Å². The van der Waals surface area contributed by atoms with Crippen molar-refractivity contribution in [1.29, 1.82) is 0 Å². The van der Waals surface area contributed by atoms with E-state index in [1.165, 1.54) is 0 Å². The number of phenols is 1. The average molecular weight is 281 g/mol. The molecule has 0 atom stereocenters. The smallest absolute Gasteiger partial charge is 0.374 e. The van der Waals surface area contributed by atoms with Gasteiger partial charge >= 0.3 is 5.97 Å². The molecule has 1 aliphatic rings. The third-order valence-electron chi connectivity index (χ3n) is 2.74. The molecule has 7 nitrogen and oxygen atoms in total. The number of carboxylic acids is 1. The second kappa shape index (κ2) is 4.41. The molecule has 3 rings (SSSR count). The Bertz CT molecular complexity index is 695. The minimum atomic E-state index is -1.33. The molecule has 0 bridgehead atoms. The standard InChI is InChI=1S/C12H8FNO6/c13-5-3-7-11(19-2-1-18-7)9(10(5)15)6-4-8(12(16)17)20-14-6/h3-4,15H,1-2H2,(H,16,17). The van der Waals surface area contributed by atoms with Crippen LogP contribution in [-0.2, 0) is 0 Å². The first-order chi connectivity index (χ1) is 9.58. The van der Waals surface area contributed by atoms with Crippen molar-refractivity contribution in [2.24, 2.45) is 0 Å². The molecule has 0 saturated carbocycles. The fourth-order valence-corrected chi connectivity index (χ4v) is 1.88. The summed E-state index contributed by atoms with van der Waals surface area (Å²) in [5, 5.41) is 22.1. The lowest BCUT2D eigenvalue weighted by atomic mass is 10.1. The van der Waals surface area contributed by atoms with Crippen LogP contribution in [0.15, 0.2) is 16.7 Å². The summed E-state index contributed by atoms with van der Waals surface area (Å²) >= 11 is 0. The van der Waals surface area contributed by atoms with Gasteiger partial charge < -0.3 is 24.2 Å². The number of nitrogens with zero attached hydrogens (tertiary/aromatic N) is 1. The van der Waals surface area contributed by atoms with Gasteiger partial charge in [0.15, 0.2) is 23.1 Å². The summed E-state index contributed by atoms with van der Waals surface area (Å²) in [6.45, 7) is 0.463. The summed E-state index contributed by atoms with van der Waals surface area (Å²) in [7, 11) is 0. The molecule has 20 heavy (non-hydrogen) atoms. The SMILES string of the molecule is O=C(O)c1cc(-c2c(O)c(F)cc3c2OCCO3)no1. The first-order valence-corrected chi connectivity index (χ1v) is 5.59. The first-order valence-electron chi connectivity index (χ1n) is 5.59. The number of carbonyl (C=O) groups is 1. The molecule has 1 aliphatic heterocycles. The van der Waals surface area contributed by atoms with Gasteiger partial charge in [-0.05, 0) is 0 Å². The van der Waals surface area contributed by atoms with Crippen molar-refractivity contribution in [2.75, 3.05) is 13.2 Å². The second-order valence-electron chi connectivity index (χ2n) is 3.99. The number of carboxylic acid groups (broad SMARTS) is 1. The first kappa shape index (κ1) is 12.3. The van der Waals surface area contributed by atoms with Crippen LogP contribution in [0.3, 0.4) is 0 Å². The summed E-state index contributed by atoms with van der Waals surface area (Å²) in [5.74, 6) is -3.19. The maximum absolute atomic E-state index is 13.7. The molecule has 0 amide bonds. The molecule has 0 saturated heterocycles. The minimum Gasteiger partial charge on any atom is -0.504 e. The van der Waals surface area contributed by atoms with Crippen molar-refractivity contribution in [3.8, 4) is 28.5 Å². The Morgan fingerprint density at radius 1 is 1.30 bits per heavy atom. The fraction of sp³-hybridized carbons (Fsp3) is 0.167. The summed E-state index contributed by atoms with van der Waals surface area (Å²) in [5.41, 5.74) is -0.155. The lowest BCUT2D eigenvalue weighted by Gasteiger charge is -2.21. The molecule has 0 unspecified atom stereocenters. The van der Waals surface area contributed by atoms with Crippen LogP contribution >= 0.6 is 0 Å². The lowest BCUT2D eigenvalue weighted by Crippen LogP contribution is -2.16. The number of benzene rings is 1. The monoisotopic (exact) mass is 281 g/mol. The van der Waals surface area contributed by atoms with Gasteiger partial charge in [-0.1, -0.05) is 5.16 Å². The highest BCUT2D eigenvalue weighted by molar-refractivity contribution is 5.87. The Kier molecular flexibility index (Phi) is 2.70. The number of hydrogen-bond donors (Lipinski definition) is 2. The van der Waals surface area contributed by atoms with Crippen molar-refractivity contribution in [2.45, 2.75) is 0 Å². The molecule has 0 aliphatic carbocycles. The maximum atomic E-state index is 13.7. The highest BCUT2D eigenvalue weighted by atomic mass is 19.1. The van der Waals surface area contributed by atoms with Gasteiger partial charge in [0.25, 0.3) is 0 Å². The largest absolute Gasteiger partial charge is 0.504 e. The van der Waals surface area contributed by atoms with Crippen LogP contribution in [0.1, 0.15) is 10.6 Å². The van der Waals surface area contributed by atoms with E-state index < -0.39 is 23.3 Å². The number of aromatic hydroxyl groups is 1. The van der Waals surface area contributed by atoms with E-state index in [-0.39, 0.29) is 36.0 Å². The second-order valence-corrected chi connectivity index (χ2v) is 3.99. The summed E-state index contributed by atoms with van der Waals surface area (Å²) < 4.78 is 28.8. The van der Waals surface area contributed by atoms with Crippen molar-refractivity contribution in [3.05, 3.63) is 23.7 Å². The number of ether oxygens (including phenoxy) is 2. The highest BCUT2D eigenvalue weighted by Crippen LogP contribution is 2.46. The summed E-state index contributed by atoms with van der Waals surface area (Å²) in [6.07, 6.45) is 0. The van der Waals surface area contributed by atoms with E-state index in [1.54, 1.807) is 0 Å². The quantitative estimate of drug-likeness (QED) is 0.862. The van der Waals surface area contributed by atoms with Crippen LogP contribution < -0.4 is 9.47 Å². The van der Waals surface area contributed by atoms with Crippen LogP contribution in [0.2, 0.25) is 0 Å². The zero-order valence-corrected chi connectivity index (χ0v) is 9.92. The van der Waals surface area contributed by atoms with Crippen molar-refractivity contribution >= 4 is 5.97 Å². The number of fused-ring (bicyclic) bond motifs is 1. The van der Waals surface area contributed by atoms with E-state index in [1.807, 2.05) is 0 Å². The van der Waals surface area contributed by atoms with Gasteiger partial charge in [-0.3, -0.25) is 0 Å². The minimum absolute atomic E-state index is 0.0545. The number of halogens is 1. The summed E-state index contributed by atoms with van der Waals surface area (Å²) in [4.78, 5) is 10.8. The van der Waals surface area contributed by atoms with Gasteiger partial charge in [0.05, 0.1) is 5.56 Å². The van der Waals surface area contributed by atoms with Crippen molar-refractivity contribution < 1.29 is 33.4 Å². The van der Waals surface area contributed by atoms with Gasteiger partial charge in [-0.15, -0.1) is 0 Å². The molecule has 0 fully saturated rings. The Labute approximate surface area is 111 Å². The fourth-order valence-electron chi connectivity index (χ4n) is 1.88. The van der Waals surface area contributed by atoms with Gasteiger partial charge in [-0.25, -0.2) is 9.18 Å². The zero-order valence-electron chi connectivity index (χ0n) is 9.92. The van der Waals surface area contributed by atoms with Gasteiger partial charge in [0, 0.05) is 12.1 Å². The van der Waals surface area contributed by atoms with Gasteiger partial charge in [-0.2, -0.15) is 0 Å². The van der Waals surface area contributed by atoms with E-state index in [2.05, 4.69) is 9.68 Å². The Morgan fingerprint density at radius 2 is 2.05 bits per heavy atom. The molecule has 104 valence electrons. The lowest BCUT2D eigenvalue weighted by molar-refractivity contribution is 0.0652. The molecule has 2 N–H and O–H groups in total. The Morgan fingerprint density at radius 3 is 2.75 bits per heavy atom. The Balaban J connectivity index is 2.20. The molecule has 1 aromatic carbocycles. The molecule has 0 radical (unpaired) electrons. The van der Waals surface area contributed by atoms with Crippen LogP contribution in [0.4, 0.5) is 4.39 Å². The third kappa shape index (κ3) is 1.81. The van der Waals surface area contributed by atoms with Crippen LogP contribution in [0.5, 0.6) is 17.2 Å². The topological polar surface area (TPSA) is 102 Å². The predicted octanol–water partition coefficient (Wildman–Crippen LogP) is 1.66. The molecular weight excluding hydrogens is 273 g/mol.